The number of carbonyl (C=O) groups excluding carboxylic acids is 1. The fraction of sp³-hybridized carbons (Fsp3) is 0.267. The van der Waals surface area contributed by atoms with E-state index < -0.39 is 10.0 Å². The smallest absolute Gasteiger partial charge is 0.251 e. The molecule has 6 nitrogen and oxygen atoms in total. The van der Waals surface area contributed by atoms with Crippen LogP contribution in [-0.4, -0.2) is 26.9 Å². The predicted molar refractivity (Wildman–Crippen MR) is 98.0 cm³/mol. The maximum absolute atomic E-state index is 12.3. The zero-order valence-corrected chi connectivity index (χ0v) is 15.5. The molecular formula is C15H20ClN3O3S2. The van der Waals surface area contributed by atoms with Gasteiger partial charge in [0.1, 0.15) is 0 Å². The van der Waals surface area contributed by atoms with Gasteiger partial charge in [0, 0.05) is 29.6 Å². The van der Waals surface area contributed by atoms with E-state index in [0.29, 0.717) is 6.54 Å². The number of nitrogens with two attached hydrogens (primary N) is 1. The number of nitrogens with one attached hydrogen (secondary N) is 2. The number of hydrogen-bond donors (Lipinski definition) is 3. The minimum Gasteiger partial charge on any atom is -0.348 e. The molecule has 1 atom stereocenters. The first-order valence-corrected chi connectivity index (χ1v) is 9.41. The first kappa shape index (κ1) is 20.6. The Hall–Kier alpha value is -1.45. The second-order valence-electron chi connectivity index (χ2n) is 5.04. The van der Waals surface area contributed by atoms with Crippen LogP contribution in [0.4, 0.5) is 0 Å². The van der Waals surface area contributed by atoms with E-state index in [-0.39, 0.29) is 41.4 Å². The maximum atomic E-state index is 12.3. The van der Waals surface area contributed by atoms with Gasteiger partial charge < -0.3 is 11.1 Å². The van der Waals surface area contributed by atoms with Gasteiger partial charge in [0.15, 0.2) is 0 Å². The van der Waals surface area contributed by atoms with Crippen LogP contribution in [0.1, 0.15) is 22.2 Å². The molecule has 0 spiro atoms. The fourth-order valence-electron chi connectivity index (χ4n) is 1.83. The van der Waals surface area contributed by atoms with Crippen LogP contribution in [0.15, 0.2) is 46.7 Å². The van der Waals surface area contributed by atoms with E-state index in [0.717, 1.165) is 4.88 Å². The minimum atomic E-state index is -3.67. The molecule has 1 heterocycles. The highest BCUT2D eigenvalue weighted by Crippen LogP contribution is 2.14. The van der Waals surface area contributed by atoms with Crippen molar-refractivity contribution < 1.29 is 13.2 Å². The molecule has 0 bridgehead atoms. The molecular weight excluding hydrogens is 370 g/mol. The van der Waals surface area contributed by atoms with Crippen LogP contribution in [0.3, 0.4) is 0 Å². The van der Waals surface area contributed by atoms with E-state index in [1.54, 1.807) is 19.1 Å². The highest BCUT2D eigenvalue weighted by atomic mass is 35.5. The van der Waals surface area contributed by atoms with E-state index in [9.17, 15) is 13.2 Å². The van der Waals surface area contributed by atoms with Gasteiger partial charge >= 0.3 is 0 Å². The topological polar surface area (TPSA) is 101 Å². The maximum Gasteiger partial charge on any atom is 0.251 e. The van der Waals surface area contributed by atoms with Crippen molar-refractivity contribution in [1.82, 2.24) is 10.0 Å². The lowest BCUT2D eigenvalue weighted by Crippen LogP contribution is -2.37. The van der Waals surface area contributed by atoms with Crippen molar-refractivity contribution in [2.24, 2.45) is 5.73 Å². The van der Waals surface area contributed by atoms with Gasteiger partial charge in [0.05, 0.1) is 4.90 Å². The molecule has 0 unspecified atom stereocenters. The monoisotopic (exact) mass is 389 g/mol. The zero-order chi connectivity index (χ0) is 16.9. The number of halogens is 1. The Labute approximate surface area is 151 Å². The molecule has 9 heteroatoms. The Kier molecular flexibility index (Phi) is 7.85. The molecule has 0 saturated heterocycles. The Balaban J connectivity index is 0.00000288. The summed E-state index contributed by atoms with van der Waals surface area (Å²) in [6.07, 6.45) is 0. The first-order valence-electron chi connectivity index (χ1n) is 7.05. The van der Waals surface area contributed by atoms with Crippen LogP contribution in [0.5, 0.6) is 0 Å². The summed E-state index contributed by atoms with van der Waals surface area (Å²) in [6, 6.07) is 9.46. The van der Waals surface area contributed by atoms with E-state index >= 15 is 0 Å². The number of sulfonamides is 1. The Morgan fingerprint density at radius 1 is 1.29 bits per heavy atom. The van der Waals surface area contributed by atoms with Crippen molar-refractivity contribution in [3.8, 4) is 0 Å². The van der Waals surface area contributed by atoms with Gasteiger partial charge in [-0.3, -0.25) is 4.79 Å². The molecule has 0 aliphatic heterocycles. The van der Waals surface area contributed by atoms with Crippen molar-refractivity contribution >= 4 is 39.7 Å². The molecule has 132 valence electrons. The van der Waals surface area contributed by atoms with E-state index in [2.05, 4.69) is 10.0 Å². The Morgan fingerprint density at radius 2 is 2.04 bits per heavy atom. The highest BCUT2D eigenvalue weighted by molar-refractivity contribution is 7.89. The molecule has 24 heavy (non-hydrogen) atoms. The molecule has 0 aliphatic rings. The van der Waals surface area contributed by atoms with Gasteiger partial charge in [-0.2, -0.15) is 0 Å². The summed E-state index contributed by atoms with van der Waals surface area (Å²) in [6.45, 7) is 2.31. The van der Waals surface area contributed by atoms with Gasteiger partial charge in [0.25, 0.3) is 5.91 Å². The third-order valence-electron chi connectivity index (χ3n) is 3.15. The van der Waals surface area contributed by atoms with E-state index in [1.165, 1.54) is 23.5 Å². The normalized spacial score (nSPS) is 12.2. The summed E-state index contributed by atoms with van der Waals surface area (Å²) in [5, 5.41) is 4.58. The minimum absolute atomic E-state index is 0. The standard InChI is InChI=1S/C15H19N3O3S2.ClH/c1-11(9-16)18-15(19)12-4-2-6-14(8-12)23(20,21)17-10-13-5-3-7-22-13;/h2-8,11,17H,9-10,16H2,1H3,(H,18,19);1H/t11-;/m0./s1. The second kappa shape index (κ2) is 9.14. The summed E-state index contributed by atoms with van der Waals surface area (Å²) in [5.41, 5.74) is 5.75. The second-order valence-corrected chi connectivity index (χ2v) is 7.84. The van der Waals surface area contributed by atoms with Crippen molar-refractivity contribution in [1.29, 1.82) is 0 Å². The third kappa shape index (κ3) is 5.57. The van der Waals surface area contributed by atoms with Gasteiger partial charge in [-0.15, -0.1) is 23.7 Å². The lowest BCUT2D eigenvalue weighted by atomic mass is 10.2. The summed E-state index contributed by atoms with van der Waals surface area (Å²) >= 11 is 1.47. The fourth-order valence-corrected chi connectivity index (χ4v) is 3.62. The number of thiophene rings is 1. The average molecular weight is 390 g/mol. The largest absolute Gasteiger partial charge is 0.348 e. The molecule has 0 saturated carbocycles. The highest BCUT2D eigenvalue weighted by Gasteiger charge is 2.17. The number of carbonyl (C=O) groups is 1. The zero-order valence-electron chi connectivity index (χ0n) is 13.1. The number of rotatable bonds is 7. The summed E-state index contributed by atoms with van der Waals surface area (Å²) in [5.74, 6) is -0.349. The van der Waals surface area contributed by atoms with Crippen molar-refractivity contribution in [3.05, 3.63) is 52.2 Å². The van der Waals surface area contributed by atoms with Gasteiger partial charge in [0.2, 0.25) is 10.0 Å². The molecule has 0 aliphatic carbocycles. The van der Waals surface area contributed by atoms with Crippen LogP contribution >= 0.6 is 23.7 Å². The predicted octanol–water partition coefficient (Wildman–Crippen LogP) is 1.73. The Morgan fingerprint density at radius 3 is 2.67 bits per heavy atom. The third-order valence-corrected chi connectivity index (χ3v) is 5.43. The van der Waals surface area contributed by atoms with Crippen LogP contribution < -0.4 is 15.8 Å². The van der Waals surface area contributed by atoms with Crippen LogP contribution in [0.25, 0.3) is 0 Å². The molecule has 4 N–H and O–H groups in total. The number of benzene rings is 1. The van der Waals surface area contributed by atoms with Gasteiger partial charge in [-0.25, -0.2) is 13.1 Å². The molecule has 2 aromatic rings. The van der Waals surface area contributed by atoms with E-state index in [4.69, 9.17) is 5.73 Å². The summed E-state index contributed by atoms with van der Waals surface area (Å²) in [4.78, 5) is 13.0. The van der Waals surface area contributed by atoms with E-state index in [1.807, 2.05) is 17.5 Å². The lowest BCUT2D eigenvalue weighted by molar-refractivity contribution is 0.0941. The SMILES string of the molecule is C[C@@H](CN)NC(=O)c1cccc(S(=O)(=O)NCc2cccs2)c1.Cl. The average Bonchev–Trinajstić information content (AvgIpc) is 3.06. The summed E-state index contributed by atoms with van der Waals surface area (Å²) in [7, 11) is -3.67. The molecule has 1 aromatic carbocycles. The van der Waals surface area contributed by atoms with Crippen molar-refractivity contribution in [2.75, 3.05) is 6.54 Å². The van der Waals surface area contributed by atoms with Gasteiger partial charge in [-0.1, -0.05) is 12.1 Å². The van der Waals surface area contributed by atoms with Crippen molar-refractivity contribution in [2.45, 2.75) is 24.4 Å². The molecule has 1 aromatic heterocycles. The molecule has 0 radical (unpaired) electrons. The van der Waals surface area contributed by atoms with Gasteiger partial charge in [-0.05, 0) is 36.6 Å². The first-order chi connectivity index (χ1) is 10.9. The van der Waals surface area contributed by atoms with Crippen LogP contribution in [0, 0.1) is 0 Å². The van der Waals surface area contributed by atoms with Crippen molar-refractivity contribution in [3.63, 3.8) is 0 Å². The van der Waals surface area contributed by atoms with Crippen LogP contribution in [0.2, 0.25) is 0 Å². The number of hydrogen-bond acceptors (Lipinski definition) is 5. The molecule has 0 fully saturated rings. The number of amides is 1. The summed E-state index contributed by atoms with van der Waals surface area (Å²) < 4.78 is 27.2. The lowest BCUT2D eigenvalue weighted by Gasteiger charge is -2.12. The molecule has 1 amide bonds. The van der Waals surface area contributed by atoms with Crippen LogP contribution in [-0.2, 0) is 16.6 Å². The molecule has 2 rings (SSSR count). The Bertz CT molecular complexity index is 764. The quantitative estimate of drug-likeness (QED) is 0.671.